The number of benzene rings is 1. The van der Waals surface area contributed by atoms with Crippen molar-refractivity contribution in [2.75, 3.05) is 6.61 Å². The molecule has 180 valence electrons. The van der Waals surface area contributed by atoms with Gasteiger partial charge in [-0.05, 0) is 63.6 Å². The molecular weight excluding hydrogens is 424 g/mol. The highest BCUT2D eigenvalue weighted by Gasteiger charge is 2.33. The van der Waals surface area contributed by atoms with Gasteiger partial charge in [0.2, 0.25) is 0 Å². The lowest BCUT2D eigenvalue weighted by atomic mass is 9.90. The number of allylic oxidation sites excluding steroid dienone is 1. The van der Waals surface area contributed by atoms with E-state index in [0.717, 1.165) is 12.8 Å². The summed E-state index contributed by atoms with van der Waals surface area (Å²) in [6, 6.07) is 5.57. The average Bonchev–Trinajstić information content (AvgIpc) is 2.76. The fraction of sp³-hybridized carbons (Fsp3) is 0.560. The van der Waals surface area contributed by atoms with Crippen LogP contribution in [-0.2, 0) is 14.3 Å². The molecule has 8 heteroatoms. The van der Waals surface area contributed by atoms with E-state index >= 15 is 0 Å². The number of hydrogen-bond donors (Lipinski definition) is 2. The first kappa shape index (κ1) is 24.6. The van der Waals surface area contributed by atoms with Crippen LogP contribution in [0.2, 0.25) is 0 Å². The summed E-state index contributed by atoms with van der Waals surface area (Å²) in [7, 11) is 0. The van der Waals surface area contributed by atoms with Crippen LogP contribution in [0.25, 0.3) is 0 Å². The number of rotatable bonds is 6. The van der Waals surface area contributed by atoms with Crippen LogP contribution in [0.1, 0.15) is 77.8 Å². The maximum Gasteiger partial charge on any atom is 0.514 e. The average molecular weight is 459 g/mol. The Labute approximate surface area is 195 Å². The Bertz CT molecular complexity index is 894. The molecule has 8 nitrogen and oxygen atoms in total. The number of hydrogen-bond acceptors (Lipinski definition) is 6. The van der Waals surface area contributed by atoms with E-state index in [9.17, 15) is 14.4 Å². The molecule has 3 rings (SSSR count). The van der Waals surface area contributed by atoms with Crippen molar-refractivity contribution in [3.8, 4) is 5.75 Å². The van der Waals surface area contributed by atoms with Crippen LogP contribution >= 0.6 is 0 Å². The number of esters is 1. The molecule has 0 aromatic heterocycles. The summed E-state index contributed by atoms with van der Waals surface area (Å²) in [5.74, 6) is 0.264. The summed E-state index contributed by atoms with van der Waals surface area (Å²) in [4.78, 5) is 37.2. The van der Waals surface area contributed by atoms with Gasteiger partial charge in [-0.1, -0.05) is 38.3 Å². The van der Waals surface area contributed by atoms with Crippen molar-refractivity contribution in [1.82, 2.24) is 10.6 Å². The van der Waals surface area contributed by atoms with Gasteiger partial charge in [-0.2, -0.15) is 0 Å². The van der Waals surface area contributed by atoms with Gasteiger partial charge in [0.25, 0.3) is 0 Å². The van der Waals surface area contributed by atoms with Crippen LogP contribution in [0.5, 0.6) is 5.75 Å². The van der Waals surface area contributed by atoms with Crippen molar-refractivity contribution in [1.29, 1.82) is 0 Å². The molecule has 0 unspecified atom stereocenters. The molecule has 1 aliphatic heterocycles. The SMILES string of the molecule is CCC1=C(C(=O)OCC2CCCCC2)[C@H](c2ccc(OC(=O)OC(C)(C)C)cc2)NC(=O)N1. The summed E-state index contributed by atoms with van der Waals surface area (Å²) < 4.78 is 16.1. The smallest absolute Gasteiger partial charge is 0.462 e. The predicted molar refractivity (Wildman–Crippen MR) is 123 cm³/mol. The lowest BCUT2D eigenvalue weighted by molar-refractivity contribution is -0.141. The zero-order valence-corrected chi connectivity index (χ0v) is 19.9. The van der Waals surface area contributed by atoms with Gasteiger partial charge in [0, 0.05) is 5.70 Å². The highest BCUT2D eigenvalue weighted by molar-refractivity contribution is 5.95. The molecule has 2 amide bonds. The summed E-state index contributed by atoms with van der Waals surface area (Å²) in [6.07, 6.45) is 5.41. The van der Waals surface area contributed by atoms with Crippen LogP contribution in [0, 0.1) is 5.92 Å². The van der Waals surface area contributed by atoms with E-state index in [0.29, 0.717) is 41.5 Å². The Morgan fingerprint density at radius 1 is 1.06 bits per heavy atom. The third-order valence-corrected chi connectivity index (χ3v) is 5.71. The molecule has 33 heavy (non-hydrogen) atoms. The highest BCUT2D eigenvalue weighted by Crippen LogP contribution is 2.31. The topological polar surface area (TPSA) is 103 Å². The normalized spacial score (nSPS) is 19.4. The third-order valence-electron chi connectivity index (χ3n) is 5.71. The number of carbonyl (C=O) groups is 3. The zero-order valence-electron chi connectivity index (χ0n) is 19.9. The number of carbonyl (C=O) groups excluding carboxylic acids is 3. The monoisotopic (exact) mass is 458 g/mol. The predicted octanol–water partition coefficient (Wildman–Crippen LogP) is 5.14. The minimum atomic E-state index is -0.800. The number of urea groups is 1. The maximum absolute atomic E-state index is 13.1. The molecule has 0 spiro atoms. The lowest BCUT2D eigenvalue weighted by Crippen LogP contribution is -2.46. The van der Waals surface area contributed by atoms with Gasteiger partial charge in [0.1, 0.15) is 11.4 Å². The van der Waals surface area contributed by atoms with Crippen LogP contribution in [0.15, 0.2) is 35.5 Å². The van der Waals surface area contributed by atoms with E-state index in [1.165, 1.54) is 19.3 Å². The minimum absolute atomic E-state index is 0.300. The second-order valence-corrected chi connectivity index (χ2v) is 9.52. The fourth-order valence-corrected chi connectivity index (χ4v) is 4.11. The van der Waals surface area contributed by atoms with Gasteiger partial charge in [0.05, 0.1) is 18.2 Å². The third kappa shape index (κ3) is 6.97. The van der Waals surface area contributed by atoms with Gasteiger partial charge in [-0.15, -0.1) is 0 Å². The highest BCUT2D eigenvalue weighted by atomic mass is 16.7. The first-order chi connectivity index (χ1) is 15.7. The van der Waals surface area contributed by atoms with Crippen molar-refractivity contribution in [3.63, 3.8) is 0 Å². The van der Waals surface area contributed by atoms with Gasteiger partial charge >= 0.3 is 18.2 Å². The summed E-state index contributed by atoms with van der Waals surface area (Å²) in [5.41, 5.74) is 0.960. The summed E-state index contributed by atoms with van der Waals surface area (Å²) >= 11 is 0. The fourth-order valence-electron chi connectivity index (χ4n) is 4.11. The molecule has 1 aliphatic carbocycles. The standard InChI is InChI=1S/C25H34N2O6/c1-5-19-20(22(28)31-15-16-9-7-6-8-10-16)21(27-23(29)26-19)17-11-13-18(14-12-17)32-24(30)33-25(2,3)4/h11-14,16,21H,5-10,15H2,1-4H3,(H2,26,27,29)/t21-/m0/s1. The molecule has 0 bridgehead atoms. The molecule has 0 saturated heterocycles. The van der Waals surface area contributed by atoms with E-state index < -0.39 is 23.8 Å². The molecule has 2 N–H and O–H groups in total. The largest absolute Gasteiger partial charge is 0.514 e. The molecule has 1 aromatic rings. The van der Waals surface area contributed by atoms with E-state index in [1.807, 2.05) is 6.92 Å². The summed E-state index contributed by atoms with van der Waals surface area (Å²) in [5, 5.41) is 5.55. The van der Waals surface area contributed by atoms with Gasteiger partial charge in [-0.3, -0.25) is 0 Å². The molecule has 1 heterocycles. The molecule has 1 aromatic carbocycles. The Balaban J connectivity index is 1.75. The number of ether oxygens (including phenoxy) is 3. The van der Waals surface area contributed by atoms with Crippen molar-refractivity contribution >= 4 is 18.2 Å². The molecular formula is C25H34N2O6. The van der Waals surface area contributed by atoms with Gasteiger partial charge in [0.15, 0.2) is 0 Å². The summed E-state index contributed by atoms with van der Waals surface area (Å²) in [6.45, 7) is 7.53. The van der Waals surface area contributed by atoms with E-state index in [2.05, 4.69) is 10.6 Å². The van der Waals surface area contributed by atoms with Crippen molar-refractivity contribution in [3.05, 3.63) is 41.1 Å². The Morgan fingerprint density at radius 2 is 1.73 bits per heavy atom. The minimum Gasteiger partial charge on any atom is -0.462 e. The number of amides is 2. The van der Waals surface area contributed by atoms with E-state index in [1.54, 1.807) is 45.0 Å². The second kappa shape index (κ2) is 10.7. The van der Waals surface area contributed by atoms with Crippen molar-refractivity contribution < 1.29 is 28.6 Å². The Morgan fingerprint density at radius 3 is 2.33 bits per heavy atom. The van der Waals surface area contributed by atoms with Gasteiger partial charge in [-0.25, -0.2) is 14.4 Å². The van der Waals surface area contributed by atoms with Crippen molar-refractivity contribution in [2.24, 2.45) is 5.92 Å². The Kier molecular flexibility index (Phi) is 8.00. The lowest BCUT2D eigenvalue weighted by Gasteiger charge is -2.30. The first-order valence-electron chi connectivity index (χ1n) is 11.6. The quantitative estimate of drug-likeness (QED) is 0.452. The van der Waals surface area contributed by atoms with Crippen LogP contribution in [-0.4, -0.2) is 30.4 Å². The molecule has 2 aliphatic rings. The van der Waals surface area contributed by atoms with Crippen molar-refractivity contribution in [2.45, 2.75) is 77.9 Å². The zero-order chi connectivity index (χ0) is 24.0. The number of nitrogens with one attached hydrogen (secondary N) is 2. The molecule has 1 fully saturated rings. The molecule has 1 saturated carbocycles. The second-order valence-electron chi connectivity index (χ2n) is 9.52. The Hall–Kier alpha value is -3.03. The molecule has 0 radical (unpaired) electrons. The van der Waals surface area contributed by atoms with E-state index in [4.69, 9.17) is 14.2 Å². The maximum atomic E-state index is 13.1. The first-order valence-corrected chi connectivity index (χ1v) is 11.6. The van der Waals surface area contributed by atoms with E-state index in [-0.39, 0.29) is 6.03 Å². The van der Waals surface area contributed by atoms with Crippen LogP contribution < -0.4 is 15.4 Å². The van der Waals surface area contributed by atoms with Crippen LogP contribution in [0.3, 0.4) is 0 Å². The van der Waals surface area contributed by atoms with Crippen LogP contribution in [0.4, 0.5) is 9.59 Å². The molecule has 1 atom stereocenters. The van der Waals surface area contributed by atoms with Gasteiger partial charge < -0.3 is 24.8 Å².